The average Bonchev–Trinajstić information content (AvgIpc) is 3.12. The van der Waals surface area contributed by atoms with Crippen LogP contribution in [0.5, 0.6) is 11.5 Å². The summed E-state index contributed by atoms with van der Waals surface area (Å²) >= 11 is 0. The molecule has 1 saturated heterocycles. The fraction of sp³-hybridized carbons (Fsp3) is 0.708. The maximum atomic E-state index is 12.1. The van der Waals surface area contributed by atoms with Gasteiger partial charge in [-0.1, -0.05) is 26.3 Å². The van der Waals surface area contributed by atoms with Crippen molar-refractivity contribution in [1.29, 1.82) is 0 Å². The summed E-state index contributed by atoms with van der Waals surface area (Å²) in [4.78, 5) is 14.5. The van der Waals surface area contributed by atoms with Crippen LogP contribution in [-0.2, 0) is 21.4 Å². The van der Waals surface area contributed by atoms with E-state index >= 15 is 0 Å². The number of aliphatic carboxylic acids is 1. The molecule has 1 saturated carbocycles. The number of hydrogen-bond acceptors (Lipinski definition) is 6. The zero-order valence-corrected chi connectivity index (χ0v) is 18.9. The van der Waals surface area contributed by atoms with Gasteiger partial charge in [-0.25, -0.2) is 0 Å². The van der Waals surface area contributed by atoms with Gasteiger partial charge < -0.3 is 24.6 Å². The summed E-state index contributed by atoms with van der Waals surface area (Å²) in [6.45, 7) is 4.92. The van der Waals surface area contributed by atoms with Crippen molar-refractivity contribution in [3.63, 3.8) is 0 Å². The molecule has 1 spiro atoms. The highest BCUT2D eigenvalue weighted by Crippen LogP contribution is 2.66. The molecule has 31 heavy (non-hydrogen) atoms. The molecule has 4 aliphatic rings. The number of aromatic hydroxyl groups is 1. The summed E-state index contributed by atoms with van der Waals surface area (Å²) in [5.41, 5.74) is 1.52. The second-order valence-electron chi connectivity index (χ2n) is 10.0. The zero-order chi connectivity index (χ0) is 22.1. The summed E-state index contributed by atoms with van der Waals surface area (Å²) < 4.78 is 13.0. The number of carbonyl (C=O) groups is 1. The molecular formula is C24H34N2O5. The highest BCUT2D eigenvalue weighted by atomic mass is 16.5. The summed E-state index contributed by atoms with van der Waals surface area (Å²) in [6, 6.07) is 3.24. The molecule has 3 N–H and O–H groups in total. The van der Waals surface area contributed by atoms with Gasteiger partial charge in [-0.2, -0.15) is 0 Å². The Hall–Kier alpha value is -1.83. The highest BCUT2D eigenvalue weighted by Gasteiger charge is 2.73. The van der Waals surface area contributed by atoms with Crippen LogP contribution in [0.2, 0.25) is 0 Å². The van der Waals surface area contributed by atoms with Crippen molar-refractivity contribution in [2.24, 2.45) is 5.92 Å². The second kappa shape index (κ2) is 7.09. The molecule has 2 bridgehead atoms. The summed E-state index contributed by atoms with van der Waals surface area (Å²) in [5.74, 6) is -0.0655. The lowest BCUT2D eigenvalue weighted by molar-refractivity contribution is -0.204. The normalized spacial score (nSPS) is 37.6. The molecule has 7 atom stereocenters. The second-order valence-corrected chi connectivity index (χ2v) is 10.0. The van der Waals surface area contributed by atoms with Crippen LogP contribution >= 0.6 is 0 Å². The van der Waals surface area contributed by atoms with E-state index in [1.165, 1.54) is 5.56 Å². The number of carboxylic acids is 1. The quantitative estimate of drug-likeness (QED) is 0.638. The molecule has 7 heteroatoms. The van der Waals surface area contributed by atoms with Crippen LogP contribution in [0.25, 0.3) is 0 Å². The van der Waals surface area contributed by atoms with E-state index in [0.29, 0.717) is 5.75 Å². The van der Waals surface area contributed by atoms with Crippen LogP contribution in [0.3, 0.4) is 0 Å². The first-order valence-electron chi connectivity index (χ1n) is 11.6. The summed E-state index contributed by atoms with van der Waals surface area (Å²) in [6.07, 6.45) is 3.85. The fourth-order valence-electron chi connectivity index (χ4n) is 7.26. The number of piperidine rings is 1. The maximum absolute atomic E-state index is 12.1. The third-order valence-electron chi connectivity index (χ3n) is 8.93. The van der Waals surface area contributed by atoms with Crippen LogP contribution in [0.15, 0.2) is 12.1 Å². The van der Waals surface area contributed by atoms with E-state index in [9.17, 15) is 15.0 Å². The molecule has 0 radical (unpaired) electrons. The molecule has 2 aliphatic carbocycles. The Morgan fingerprint density at radius 2 is 2.19 bits per heavy atom. The van der Waals surface area contributed by atoms with Crippen molar-refractivity contribution >= 4 is 5.97 Å². The number of ether oxygens (including phenoxy) is 2. The smallest absolute Gasteiger partial charge is 0.320 e. The van der Waals surface area contributed by atoms with Gasteiger partial charge in [0.05, 0.1) is 11.0 Å². The fourth-order valence-corrected chi connectivity index (χ4v) is 7.26. The van der Waals surface area contributed by atoms with Crippen LogP contribution in [0.1, 0.15) is 50.7 Å². The van der Waals surface area contributed by atoms with Gasteiger partial charge in [0.1, 0.15) is 12.1 Å². The van der Waals surface area contributed by atoms with E-state index in [4.69, 9.17) is 9.47 Å². The highest BCUT2D eigenvalue weighted by molar-refractivity contribution is 5.74. The largest absolute Gasteiger partial charge is 0.504 e. The van der Waals surface area contributed by atoms with Crippen molar-refractivity contribution in [2.45, 2.75) is 81.2 Å². The Labute approximate surface area is 183 Å². The van der Waals surface area contributed by atoms with Crippen molar-refractivity contribution in [2.75, 3.05) is 20.7 Å². The number of phenolic OH excluding ortho intramolecular Hbond substituents is 1. The number of nitrogens with one attached hydrogen (secondary N) is 1. The molecule has 7 nitrogen and oxygen atoms in total. The molecule has 0 unspecified atom stereocenters. The van der Waals surface area contributed by atoms with Crippen LogP contribution in [0, 0.1) is 5.92 Å². The van der Waals surface area contributed by atoms with Gasteiger partial charge in [0.15, 0.2) is 11.5 Å². The van der Waals surface area contributed by atoms with Gasteiger partial charge in [0.25, 0.3) is 0 Å². The molecular weight excluding hydrogens is 396 g/mol. The number of hydrogen-bond donors (Lipinski definition) is 3. The number of likely N-dealkylation sites (tertiary alicyclic amines) is 1. The van der Waals surface area contributed by atoms with Crippen molar-refractivity contribution in [3.8, 4) is 11.5 Å². The molecule has 5 rings (SSSR count). The van der Waals surface area contributed by atoms with Crippen LogP contribution in [-0.4, -0.2) is 71.6 Å². The first kappa shape index (κ1) is 21.0. The predicted molar refractivity (Wildman–Crippen MR) is 116 cm³/mol. The van der Waals surface area contributed by atoms with Gasteiger partial charge >= 0.3 is 5.97 Å². The van der Waals surface area contributed by atoms with Gasteiger partial charge in [-0.05, 0) is 56.8 Å². The number of nitrogens with zero attached hydrogens (tertiary/aromatic N) is 1. The van der Waals surface area contributed by atoms with Gasteiger partial charge in [-0.3, -0.25) is 10.1 Å². The first-order valence-corrected chi connectivity index (χ1v) is 11.6. The zero-order valence-electron chi connectivity index (χ0n) is 18.9. The van der Waals surface area contributed by atoms with Gasteiger partial charge in [0.2, 0.25) is 0 Å². The number of carboxylic acid groups (broad SMARTS) is 1. The molecule has 2 aliphatic heterocycles. The lowest BCUT2D eigenvalue weighted by Gasteiger charge is -2.65. The monoisotopic (exact) mass is 430 g/mol. The minimum absolute atomic E-state index is 0.00782. The van der Waals surface area contributed by atoms with Gasteiger partial charge in [0, 0.05) is 24.8 Å². The standard InChI is InChI=1S/C24H34N2O5/c1-5-13(2)19(22(28)29)25-15-8-9-24(30-4)17-12-14-6-7-16(27)20-18(14)23(24,21(15)31-20)10-11-26(17)3/h6-7,13,15,17,19,21,25,27H,5,8-12H2,1-4H3,(H,28,29)/t13-,15-,17+,19-,21-,23-,24+/m0/s1. The Morgan fingerprint density at radius 1 is 1.42 bits per heavy atom. The van der Waals surface area contributed by atoms with Crippen LogP contribution < -0.4 is 10.1 Å². The van der Waals surface area contributed by atoms with Crippen molar-refractivity contribution < 1.29 is 24.5 Å². The molecule has 170 valence electrons. The molecule has 1 aromatic rings. The Morgan fingerprint density at radius 3 is 2.87 bits per heavy atom. The van der Waals surface area contributed by atoms with E-state index < -0.39 is 23.0 Å². The van der Waals surface area contributed by atoms with E-state index in [2.05, 4.69) is 17.3 Å². The minimum atomic E-state index is -0.820. The SMILES string of the molecule is CC[C@H](C)[C@H](N[C@H]1CC[C@@]2(OC)[C@H]3Cc4ccc(O)c5c4[C@@]2(CCN3C)[C@H]1O5)C(=O)O. The molecule has 2 fully saturated rings. The summed E-state index contributed by atoms with van der Waals surface area (Å²) in [5, 5.41) is 24.1. The van der Waals surface area contributed by atoms with E-state index in [1.54, 1.807) is 6.07 Å². The number of methoxy groups -OCH3 is 1. The summed E-state index contributed by atoms with van der Waals surface area (Å²) in [7, 11) is 3.98. The van der Waals surface area contributed by atoms with Crippen LogP contribution in [0.4, 0.5) is 0 Å². The third-order valence-corrected chi connectivity index (χ3v) is 8.93. The number of rotatable bonds is 6. The Balaban J connectivity index is 1.64. The molecule has 0 amide bonds. The first-order chi connectivity index (χ1) is 14.8. The van der Waals surface area contributed by atoms with E-state index in [0.717, 1.165) is 44.2 Å². The number of likely N-dealkylation sites (N-methyl/N-ethyl adjacent to an activating group) is 1. The number of phenols is 1. The molecule has 0 aromatic heterocycles. The molecule has 2 heterocycles. The Bertz CT molecular complexity index is 906. The molecule has 1 aromatic carbocycles. The minimum Gasteiger partial charge on any atom is -0.504 e. The predicted octanol–water partition coefficient (Wildman–Crippen LogP) is 2.29. The third kappa shape index (κ3) is 2.54. The van der Waals surface area contributed by atoms with Crippen molar-refractivity contribution in [1.82, 2.24) is 10.2 Å². The maximum Gasteiger partial charge on any atom is 0.320 e. The van der Waals surface area contributed by atoms with E-state index in [1.807, 2.05) is 27.0 Å². The van der Waals surface area contributed by atoms with Crippen molar-refractivity contribution in [3.05, 3.63) is 23.3 Å². The number of benzene rings is 1. The lowest BCUT2D eigenvalue weighted by atomic mass is 9.48. The van der Waals surface area contributed by atoms with E-state index in [-0.39, 0.29) is 29.9 Å². The lowest BCUT2D eigenvalue weighted by Crippen LogP contribution is -2.78. The van der Waals surface area contributed by atoms with Gasteiger partial charge in [-0.15, -0.1) is 0 Å². The average molecular weight is 431 g/mol. The Kier molecular flexibility index (Phi) is 4.81. The topological polar surface area (TPSA) is 91.3 Å².